The number of hydrogen-bond donors (Lipinski definition) is 1. The van der Waals surface area contributed by atoms with Crippen molar-refractivity contribution in [3.8, 4) is 0 Å². The maximum absolute atomic E-state index is 13.8. The maximum Gasteiger partial charge on any atom is 0.408 e. The van der Waals surface area contributed by atoms with Gasteiger partial charge in [-0.2, -0.15) is 13.2 Å². The molecule has 3 heterocycles. The first-order valence-corrected chi connectivity index (χ1v) is 9.94. The zero-order chi connectivity index (χ0) is 20.4. The molecule has 6 nitrogen and oxygen atoms in total. The molecule has 1 aliphatic carbocycles. The lowest BCUT2D eigenvalue weighted by Gasteiger charge is -2.41. The molecule has 10 heteroatoms. The number of para-hydroxylation sites is 1. The topological polar surface area (TPSA) is 71.0 Å². The summed E-state index contributed by atoms with van der Waals surface area (Å²) in [5, 5.41) is 4.09. The second-order valence-corrected chi connectivity index (χ2v) is 8.51. The fourth-order valence-electron chi connectivity index (χ4n) is 3.92. The molecule has 1 saturated carbocycles. The largest absolute Gasteiger partial charge is 0.408 e. The summed E-state index contributed by atoms with van der Waals surface area (Å²) in [6.45, 7) is 0.887. The number of anilines is 2. The lowest BCUT2D eigenvalue weighted by atomic mass is 9.84. The zero-order valence-electron chi connectivity index (χ0n) is 15.3. The van der Waals surface area contributed by atoms with Gasteiger partial charge in [-0.05, 0) is 31.9 Å². The normalized spacial score (nSPS) is 26.5. The molecule has 1 aliphatic heterocycles. The summed E-state index contributed by atoms with van der Waals surface area (Å²) in [6.07, 6.45) is -1.20. The van der Waals surface area contributed by atoms with E-state index in [1.165, 1.54) is 28.6 Å². The van der Waals surface area contributed by atoms with Crippen molar-refractivity contribution in [1.82, 2.24) is 15.0 Å². The number of thiazole rings is 1. The first-order chi connectivity index (χ1) is 13.8. The molecule has 29 heavy (non-hydrogen) atoms. The van der Waals surface area contributed by atoms with Crippen molar-refractivity contribution >= 4 is 38.4 Å². The number of fused-ring (bicyclic) bond motifs is 2. The highest BCUT2D eigenvalue weighted by Crippen LogP contribution is 2.51. The predicted octanol–water partition coefficient (Wildman–Crippen LogP) is 3.90. The summed E-state index contributed by atoms with van der Waals surface area (Å²) in [5.41, 5.74) is -2.09. The average Bonchev–Trinajstić information content (AvgIpc) is 3.16. The highest BCUT2D eigenvalue weighted by atomic mass is 32.1. The number of nitrogens with one attached hydrogen (secondary N) is 1. The lowest BCUT2D eigenvalue weighted by Crippen LogP contribution is -2.56. The molecule has 0 bridgehead atoms. The Kier molecular flexibility index (Phi) is 3.86. The second-order valence-electron chi connectivity index (χ2n) is 7.48. The van der Waals surface area contributed by atoms with Gasteiger partial charge >= 0.3 is 6.18 Å². The van der Waals surface area contributed by atoms with Gasteiger partial charge in [0.05, 0.1) is 10.2 Å². The van der Waals surface area contributed by atoms with Crippen LogP contribution in [0.2, 0.25) is 0 Å². The molecular formula is C19H16F3N5OS. The molecule has 150 valence electrons. The monoisotopic (exact) mass is 419 g/mol. The quantitative estimate of drug-likeness (QED) is 0.697. The van der Waals surface area contributed by atoms with E-state index in [1.807, 2.05) is 24.3 Å². The van der Waals surface area contributed by atoms with E-state index in [4.69, 9.17) is 0 Å². The number of nitrogens with zero attached hydrogens (tertiary/aromatic N) is 4. The molecule has 1 unspecified atom stereocenters. The van der Waals surface area contributed by atoms with E-state index in [-0.39, 0.29) is 23.6 Å². The van der Waals surface area contributed by atoms with E-state index in [0.717, 1.165) is 22.3 Å². The van der Waals surface area contributed by atoms with Crippen molar-refractivity contribution in [2.45, 2.75) is 43.4 Å². The van der Waals surface area contributed by atoms with Gasteiger partial charge in [0.15, 0.2) is 16.4 Å². The van der Waals surface area contributed by atoms with Crippen molar-refractivity contribution in [3.05, 3.63) is 42.4 Å². The molecular weight excluding hydrogens is 403 g/mol. The Morgan fingerprint density at radius 2 is 1.93 bits per heavy atom. The summed E-state index contributed by atoms with van der Waals surface area (Å²) >= 11 is 1.53. The molecule has 1 amide bonds. The molecule has 0 spiro atoms. The third-order valence-corrected chi connectivity index (χ3v) is 6.66. The molecule has 3 aromatic rings. The van der Waals surface area contributed by atoms with Crippen LogP contribution in [-0.2, 0) is 10.2 Å². The standard InChI is InChI=1S/C19H16F3N5OS/c1-18(19(20,21)22)14-15(24-7-6-23-14)27(16(18)28)11-8-10(9-11)25-17-26-12-4-2-3-5-13(12)29-17/h2-7,10-11H,8-9H2,1H3,(H,25,26)/t10-,11-,18?. The van der Waals surface area contributed by atoms with Gasteiger partial charge in [0, 0.05) is 24.5 Å². The molecule has 1 aromatic carbocycles. The Balaban J connectivity index is 1.35. The van der Waals surface area contributed by atoms with Gasteiger partial charge in [-0.25, -0.2) is 9.97 Å². The predicted molar refractivity (Wildman–Crippen MR) is 103 cm³/mol. The van der Waals surface area contributed by atoms with E-state index in [1.54, 1.807) is 0 Å². The van der Waals surface area contributed by atoms with E-state index in [0.29, 0.717) is 12.8 Å². The van der Waals surface area contributed by atoms with Gasteiger partial charge in [-0.3, -0.25) is 14.7 Å². The Morgan fingerprint density at radius 3 is 2.66 bits per heavy atom. The van der Waals surface area contributed by atoms with Crippen LogP contribution < -0.4 is 10.2 Å². The van der Waals surface area contributed by atoms with Gasteiger partial charge < -0.3 is 5.32 Å². The summed E-state index contributed by atoms with van der Waals surface area (Å²) in [4.78, 5) is 26.5. The Bertz CT molecular complexity index is 1080. The number of carbonyl (C=O) groups excluding carboxylic acids is 1. The zero-order valence-corrected chi connectivity index (χ0v) is 16.1. The SMILES string of the molecule is CC1(C(F)(F)F)C(=O)N([C@H]2C[C@H](Nc3nc4ccccc4s3)C2)c2nccnc21. The molecule has 2 aromatic heterocycles. The van der Waals surface area contributed by atoms with Crippen LogP contribution in [0.25, 0.3) is 10.2 Å². The molecule has 2 aliphatic rings. The van der Waals surface area contributed by atoms with Crippen LogP contribution in [0.5, 0.6) is 0 Å². The molecule has 0 radical (unpaired) electrons. The summed E-state index contributed by atoms with van der Waals surface area (Å²) in [5.74, 6) is -0.990. The van der Waals surface area contributed by atoms with Crippen molar-refractivity contribution in [1.29, 1.82) is 0 Å². The minimum atomic E-state index is -4.74. The van der Waals surface area contributed by atoms with Gasteiger partial charge in [-0.1, -0.05) is 23.5 Å². The summed E-state index contributed by atoms with van der Waals surface area (Å²) in [6, 6.07) is 7.45. The van der Waals surface area contributed by atoms with Crippen LogP contribution in [0.15, 0.2) is 36.7 Å². The van der Waals surface area contributed by atoms with Crippen molar-refractivity contribution in [3.63, 3.8) is 0 Å². The van der Waals surface area contributed by atoms with Crippen LogP contribution >= 0.6 is 11.3 Å². The van der Waals surface area contributed by atoms with E-state index in [9.17, 15) is 18.0 Å². The molecule has 5 rings (SSSR count). The number of carbonyl (C=O) groups is 1. The van der Waals surface area contributed by atoms with Crippen LogP contribution in [0.1, 0.15) is 25.5 Å². The number of hydrogen-bond acceptors (Lipinski definition) is 6. The average molecular weight is 419 g/mol. The number of rotatable bonds is 3. The van der Waals surface area contributed by atoms with Crippen molar-refractivity contribution in [2.24, 2.45) is 0 Å². The molecule has 0 saturated heterocycles. The Labute approximate surface area is 167 Å². The minimum Gasteiger partial charge on any atom is -0.359 e. The highest BCUT2D eigenvalue weighted by molar-refractivity contribution is 7.22. The first kappa shape index (κ1) is 18.3. The van der Waals surface area contributed by atoms with E-state index in [2.05, 4.69) is 20.3 Å². The van der Waals surface area contributed by atoms with Gasteiger partial charge in [-0.15, -0.1) is 0 Å². The molecule has 1 atom stereocenters. The maximum atomic E-state index is 13.8. The molecule has 1 N–H and O–H groups in total. The smallest absolute Gasteiger partial charge is 0.359 e. The van der Waals surface area contributed by atoms with Gasteiger partial charge in [0.2, 0.25) is 5.91 Å². The van der Waals surface area contributed by atoms with Crippen LogP contribution in [0.4, 0.5) is 24.1 Å². The van der Waals surface area contributed by atoms with Crippen LogP contribution in [-0.4, -0.2) is 39.1 Å². The number of benzene rings is 1. The van der Waals surface area contributed by atoms with Gasteiger partial charge in [0.25, 0.3) is 0 Å². The second kappa shape index (κ2) is 6.12. The Morgan fingerprint density at radius 1 is 1.21 bits per heavy atom. The first-order valence-electron chi connectivity index (χ1n) is 9.13. The fourth-order valence-corrected chi connectivity index (χ4v) is 4.86. The number of aromatic nitrogens is 3. The number of halogens is 3. The van der Waals surface area contributed by atoms with Crippen molar-refractivity contribution < 1.29 is 18.0 Å². The Hall–Kier alpha value is -2.75. The number of alkyl halides is 3. The van der Waals surface area contributed by atoms with E-state index >= 15 is 0 Å². The third-order valence-electron chi connectivity index (χ3n) is 5.69. The van der Waals surface area contributed by atoms with Crippen LogP contribution in [0.3, 0.4) is 0 Å². The minimum absolute atomic E-state index is 0.0146. The summed E-state index contributed by atoms with van der Waals surface area (Å²) in [7, 11) is 0. The highest BCUT2D eigenvalue weighted by Gasteiger charge is 2.67. The van der Waals surface area contributed by atoms with Crippen molar-refractivity contribution in [2.75, 3.05) is 10.2 Å². The summed E-state index contributed by atoms with van der Waals surface area (Å²) < 4.78 is 42.4. The van der Waals surface area contributed by atoms with Gasteiger partial charge in [0.1, 0.15) is 5.69 Å². The van der Waals surface area contributed by atoms with Crippen LogP contribution in [0, 0.1) is 0 Å². The lowest BCUT2D eigenvalue weighted by molar-refractivity contribution is -0.188. The van der Waals surface area contributed by atoms with E-state index < -0.39 is 17.5 Å². The number of amides is 1. The fraction of sp³-hybridized carbons (Fsp3) is 0.368. The molecule has 1 fully saturated rings. The third kappa shape index (κ3) is 2.61.